The van der Waals surface area contributed by atoms with Gasteiger partial charge >= 0.3 is 0 Å². The van der Waals surface area contributed by atoms with Gasteiger partial charge in [-0.2, -0.15) is 0 Å². The summed E-state index contributed by atoms with van der Waals surface area (Å²) >= 11 is 0. The van der Waals surface area contributed by atoms with Crippen LogP contribution in [0.4, 0.5) is 4.39 Å². The van der Waals surface area contributed by atoms with Crippen molar-refractivity contribution in [1.82, 2.24) is 5.48 Å². The van der Waals surface area contributed by atoms with Crippen molar-refractivity contribution in [3.63, 3.8) is 0 Å². The Balaban J connectivity index is 1.73. The number of hydrogen-bond acceptors (Lipinski definition) is 3. The van der Waals surface area contributed by atoms with Gasteiger partial charge in [0.15, 0.2) is 0 Å². The SMILES string of the molecule is CC(C)C(CC(=O)NOCCCc1ccco1)c1ccc(F)cc1. The highest BCUT2D eigenvalue weighted by molar-refractivity contribution is 5.75. The third-order valence-electron chi connectivity index (χ3n) is 3.94. The number of hydroxylamine groups is 1. The standard InChI is InChI=1S/C19H24FNO3/c1-14(2)18(15-7-9-16(20)10-8-15)13-19(22)21-24-12-4-6-17-5-3-11-23-17/h3,5,7-11,14,18H,4,6,12-13H2,1-2H3,(H,21,22). The van der Waals surface area contributed by atoms with E-state index in [2.05, 4.69) is 5.48 Å². The number of carbonyl (C=O) groups is 1. The molecule has 0 saturated heterocycles. The highest BCUT2D eigenvalue weighted by Crippen LogP contribution is 2.27. The molecule has 4 nitrogen and oxygen atoms in total. The smallest absolute Gasteiger partial charge is 0.244 e. The van der Waals surface area contributed by atoms with Gasteiger partial charge in [-0.25, -0.2) is 9.87 Å². The molecule has 0 aliphatic heterocycles. The molecule has 1 unspecified atom stereocenters. The number of benzene rings is 1. The molecule has 24 heavy (non-hydrogen) atoms. The molecule has 0 aliphatic carbocycles. The Labute approximate surface area is 142 Å². The van der Waals surface area contributed by atoms with E-state index >= 15 is 0 Å². The monoisotopic (exact) mass is 333 g/mol. The zero-order valence-electron chi connectivity index (χ0n) is 14.1. The Kier molecular flexibility index (Phi) is 7.00. The molecule has 130 valence electrons. The molecule has 0 fully saturated rings. The van der Waals surface area contributed by atoms with E-state index in [-0.39, 0.29) is 23.6 Å². The summed E-state index contributed by atoms with van der Waals surface area (Å²) in [7, 11) is 0. The quantitative estimate of drug-likeness (QED) is 0.552. The number of halogens is 1. The van der Waals surface area contributed by atoms with Gasteiger partial charge in [0, 0.05) is 12.8 Å². The molecule has 5 heteroatoms. The fraction of sp³-hybridized carbons (Fsp3) is 0.421. The lowest BCUT2D eigenvalue weighted by Crippen LogP contribution is -2.27. The molecular formula is C19H24FNO3. The van der Waals surface area contributed by atoms with Crippen molar-refractivity contribution in [3.05, 3.63) is 59.8 Å². The number of nitrogens with one attached hydrogen (secondary N) is 1. The minimum absolute atomic E-state index is 0.0253. The summed E-state index contributed by atoms with van der Waals surface area (Å²) in [4.78, 5) is 17.3. The lowest BCUT2D eigenvalue weighted by Gasteiger charge is -2.20. The van der Waals surface area contributed by atoms with Gasteiger partial charge in [0.05, 0.1) is 12.9 Å². The van der Waals surface area contributed by atoms with E-state index in [4.69, 9.17) is 9.25 Å². The van der Waals surface area contributed by atoms with E-state index in [9.17, 15) is 9.18 Å². The highest BCUT2D eigenvalue weighted by Gasteiger charge is 2.19. The molecule has 1 N–H and O–H groups in total. The largest absolute Gasteiger partial charge is 0.469 e. The van der Waals surface area contributed by atoms with Crippen molar-refractivity contribution >= 4 is 5.91 Å². The average Bonchev–Trinajstić information content (AvgIpc) is 3.06. The average molecular weight is 333 g/mol. The number of amides is 1. The number of hydrogen-bond donors (Lipinski definition) is 1. The van der Waals surface area contributed by atoms with Crippen LogP contribution in [0, 0.1) is 11.7 Å². The lowest BCUT2D eigenvalue weighted by atomic mass is 9.85. The summed E-state index contributed by atoms with van der Waals surface area (Å²) in [5.74, 6) is 0.750. The Morgan fingerprint density at radius 1 is 1.25 bits per heavy atom. The molecule has 0 radical (unpaired) electrons. The van der Waals surface area contributed by atoms with Crippen LogP contribution in [0.15, 0.2) is 47.1 Å². The van der Waals surface area contributed by atoms with Crippen LogP contribution in [0.2, 0.25) is 0 Å². The van der Waals surface area contributed by atoms with Gasteiger partial charge in [-0.1, -0.05) is 26.0 Å². The van der Waals surface area contributed by atoms with E-state index in [1.54, 1.807) is 18.4 Å². The van der Waals surface area contributed by atoms with Crippen LogP contribution in [0.3, 0.4) is 0 Å². The number of rotatable bonds is 9. The Hall–Kier alpha value is -2.14. The summed E-state index contributed by atoms with van der Waals surface area (Å²) in [5.41, 5.74) is 3.44. The fourth-order valence-corrected chi connectivity index (χ4v) is 2.59. The Morgan fingerprint density at radius 2 is 2.00 bits per heavy atom. The molecule has 1 atom stereocenters. The molecule has 1 amide bonds. The second kappa shape index (κ2) is 9.23. The van der Waals surface area contributed by atoms with Crippen LogP contribution in [0.1, 0.15) is 43.9 Å². The molecule has 0 bridgehead atoms. The lowest BCUT2D eigenvalue weighted by molar-refractivity contribution is -0.134. The van der Waals surface area contributed by atoms with E-state index in [0.29, 0.717) is 13.0 Å². The maximum atomic E-state index is 13.0. The molecule has 1 aromatic carbocycles. The van der Waals surface area contributed by atoms with Crippen LogP contribution in [-0.4, -0.2) is 12.5 Å². The van der Waals surface area contributed by atoms with Gasteiger partial charge in [-0.15, -0.1) is 0 Å². The van der Waals surface area contributed by atoms with Crippen molar-refractivity contribution in [1.29, 1.82) is 0 Å². The highest BCUT2D eigenvalue weighted by atomic mass is 19.1. The summed E-state index contributed by atoms with van der Waals surface area (Å²) in [5, 5.41) is 0. The number of aryl methyl sites for hydroxylation is 1. The first-order valence-corrected chi connectivity index (χ1v) is 8.24. The van der Waals surface area contributed by atoms with Crippen molar-refractivity contribution in [2.24, 2.45) is 5.92 Å². The first kappa shape index (κ1) is 18.2. The first-order valence-electron chi connectivity index (χ1n) is 8.24. The van der Waals surface area contributed by atoms with Crippen molar-refractivity contribution in [2.75, 3.05) is 6.61 Å². The molecular weight excluding hydrogens is 309 g/mol. The van der Waals surface area contributed by atoms with Gasteiger partial charge in [-0.3, -0.25) is 9.63 Å². The third kappa shape index (κ3) is 5.81. The summed E-state index contributed by atoms with van der Waals surface area (Å²) in [6.07, 6.45) is 3.48. The van der Waals surface area contributed by atoms with E-state index in [0.717, 1.165) is 24.2 Å². The molecule has 0 aliphatic rings. The molecule has 2 rings (SSSR count). The topological polar surface area (TPSA) is 51.5 Å². The van der Waals surface area contributed by atoms with Crippen LogP contribution >= 0.6 is 0 Å². The Bertz CT molecular complexity index is 608. The molecule has 0 spiro atoms. The van der Waals surface area contributed by atoms with Crippen LogP contribution in [0.5, 0.6) is 0 Å². The number of furan rings is 1. The van der Waals surface area contributed by atoms with Crippen molar-refractivity contribution in [2.45, 2.75) is 39.0 Å². The maximum Gasteiger partial charge on any atom is 0.244 e. The second-order valence-corrected chi connectivity index (χ2v) is 6.16. The van der Waals surface area contributed by atoms with Gasteiger partial charge in [0.2, 0.25) is 5.91 Å². The zero-order valence-corrected chi connectivity index (χ0v) is 14.1. The number of carbonyl (C=O) groups excluding carboxylic acids is 1. The predicted octanol–water partition coefficient (Wildman–Crippen LogP) is 4.23. The molecule has 2 aromatic rings. The minimum atomic E-state index is -0.273. The summed E-state index contributed by atoms with van der Waals surface area (Å²) < 4.78 is 18.3. The van der Waals surface area contributed by atoms with Crippen LogP contribution in [-0.2, 0) is 16.1 Å². The van der Waals surface area contributed by atoms with Crippen LogP contribution < -0.4 is 5.48 Å². The van der Waals surface area contributed by atoms with E-state index < -0.39 is 0 Å². The first-order chi connectivity index (χ1) is 11.6. The van der Waals surface area contributed by atoms with Gasteiger partial charge < -0.3 is 4.42 Å². The third-order valence-corrected chi connectivity index (χ3v) is 3.94. The van der Waals surface area contributed by atoms with E-state index in [1.165, 1.54) is 12.1 Å². The van der Waals surface area contributed by atoms with Gasteiger partial charge in [0.1, 0.15) is 11.6 Å². The van der Waals surface area contributed by atoms with Gasteiger partial charge in [-0.05, 0) is 48.1 Å². The van der Waals surface area contributed by atoms with Crippen LogP contribution in [0.25, 0.3) is 0 Å². The van der Waals surface area contributed by atoms with Gasteiger partial charge in [0.25, 0.3) is 0 Å². The molecule has 1 aromatic heterocycles. The minimum Gasteiger partial charge on any atom is -0.469 e. The molecule has 0 saturated carbocycles. The van der Waals surface area contributed by atoms with Crippen molar-refractivity contribution in [3.8, 4) is 0 Å². The zero-order chi connectivity index (χ0) is 17.4. The predicted molar refractivity (Wildman–Crippen MR) is 89.7 cm³/mol. The normalized spacial score (nSPS) is 12.3. The maximum absolute atomic E-state index is 13.0. The Morgan fingerprint density at radius 3 is 2.62 bits per heavy atom. The second-order valence-electron chi connectivity index (χ2n) is 6.16. The summed E-state index contributed by atoms with van der Waals surface area (Å²) in [6.45, 7) is 4.52. The molecule has 1 heterocycles. The summed E-state index contributed by atoms with van der Waals surface area (Å²) in [6, 6.07) is 10.1. The van der Waals surface area contributed by atoms with Crippen molar-refractivity contribution < 1.29 is 18.4 Å². The fourth-order valence-electron chi connectivity index (χ4n) is 2.59. The van der Waals surface area contributed by atoms with E-state index in [1.807, 2.05) is 26.0 Å².